The zero-order chi connectivity index (χ0) is 16.3. The molecule has 0 aromatic carbocycles. The van der Waals surface area contributed by atoms with Crippen LogP contribution in [0, 0.1) is 10.1 Å². The lowest BCUT2D eigenvalue weighted by Gasteiger charge is -2.38. The van der Waals surface area contributed by atoms with Crippen LogP contribution in [0.5, 0.6) is 0 Å². The Balaban J connectivity index is 3.07. The monoisotopic (exact) mass is 312 g/mol. The molecule has 0 amide bonds. The standard InChI is InChI=1S/C14H24N2O4Si/c1-14(2,3)21(5,6)20-13(10-19-4)12-9-11(16(17)18)7-8-15-12/h7-9,13H,10H2,1-6H3/t13-/m0/s1. The molecule has 0 unspecified atom stereocenters. The van der Waals surface area contributed by atoms with Crippen LogP contribution < -0.4 is 0 Å². The Labute approximate surface area is 126 Å². The van der Waals surface area contributed by atoms with Crippen LogP contribution in [0.2, 0.25) is 18.1 Å². The van der Waals surface area contributed by atoms with Gasteiger partial charge in [0.2, 0.25) is 0 Å². The maximum absolute atomic E-state index is 10.9. The van der Waals surface area contributed by atoms with Crippen molar-refractivity contribution in [3.8, 4) is 0 Å². The van der Waals surface area contributed by atoms with Gasteiger partial charge in [0.05, 0.1) is 17.2 Å². The van der Waals surface area contributed by atoms with Crippen LogP contribution in [-0.4, -0.2) is 31.9 Å². The molecule has 1 atom stereocenters. The predicted molar refractivity (Wildman–Crippen MR) is 83.8 cm³/mol. The molecule has 0 saturated carbocycles. The Morgan fingerprint density at radius 2 is 2.05 bits per heavy atom. The average Bonchev–Trinajstić information content (AvgIpc) is 2.37. The highest BCUT2D eigenvalue weighted by Crippen LogP contribution is 2.39. The minimum Gasteiger partial charge on any atom is -0.406 e. The first-order chi connectivity index (χ1) is 9.58. The fourth-order valence-electron chi connectivity index (χ4n) is 1.59. The molecule has 0 aliphatic rings. The Hall–Kier alpha value is -1.31. The Morgan fingerprint density at radius 3 is 2.52 bits per heavy atom. The molecule has 118 valence electrons. The molecule has 0 saturated heterocycles. The van der Waals surface area contributed by atoms with E-state index in [0.717, 1.165) is 0 Å². The van der Waals surface area contributed by atoms with Crippen molar-refractivity contribution in [2.24, 2.45) is 0 Å². The Kier molecular flexibility index (Phi) is 5.60. The quantitative estimate of drug-likeness (QED) is 0.455. The lowest BCUT2D eigenvalue weighted by atomic mass is 10.2. The molecule has 7 heteroatoms. The van der Waals surface area contributed by atoms with Crippen molar-refractivity contribution in [1.29, 1.82) is 0 Å². The first-order valence-corrected chi connectivity index (χ1v) is 9.76. The number of hydrogen-bond donors (Lipinski definition) is 0. The van der Waals surface area contributed by atoms with E-state index >= 15 is 0 Å². The fourth-order valence-corrected chi connectivity index (χ4v) is 2.84. The maximum atomic E-state index is 10.9. The predicted octanol–water partition coefficient (Wildman–Crippen LogP) is 3.70. The Morgan fingerprint density at radius 1 is 1.43 bits per heavy atom. The molecule has 0 radical (unpaired) electrons. The number of nitro groups is 1. The van der Waals surface area contributed by atoms with Gasteiger partial charge in [0, 0.05) is 25.4 Å². The third-order valence-corrected chi connectivity index (χ3v) is 8.35. The molecule has 1 aromatic rings. The number of aromatic nitrogens is 1. The minimum absolute atomic E-state index is 0.0138. The van der Waals surface area contributed by atoms with Crippen LogP contribution in [0.15, 0.2) is 18.3 Å². The Bertz CT molecular complexity index is 500. The summed E-state index contributed by atoms with van der Waals surface area (Å²) >= 11 is 0. The number of nitrogens with zero attached hydrogens (tertiary/aromatic N) is 2. The summed E-state index contributed by atoms with van der Waals surface area (Å²) in [6.07, 6.45) is 1.04. The van der Waals surface area contributed by atoms with Gasteiger partial charge >= 0.3 is 0 Å². The molecule has 0 bridgehead atoms. The average molecular weight is 312 g/mol. The van der Waals surface area contributed by atoms with Crippen molar-refractivity contribution in [3.05, 3.63) is 34.1 Å². The van der Waals surface area contributed by atoms with Crippen LogP contribution in [0.25, 0.3) is 0 Å². The van der Waals surface area contributed by atoms with Gasteiger partial charge in [-0.15, -0.1) is 0 Å². The van der Waals surface area contributed by atoms with Crippen molar-refractivity contribution >= 4 is 14.0 Å². The van der Waals surface area contributed by atoms with Crippen LogP contribution in [0.3, 0.4) is 0 Å². The molecule has 0 spiro atoms. The van der Waals surface area contributed by atoms with E-state index in [0.29, 0.717) is 12.3 Å². The third kappa shape index (κ3) is 4.59. The van der Waals surface area contributed by atoms with Crippen molar-refractivity contribution in [2.75, 3.05) is 13.7 Å². The van der Waals surface area contributed by atoms with Crippen molar-refractivity contribution in [3.63, 3.8) is 0 Å². The summed E-state index contributed by atoms with van der Waals surface area (Å²) in [5, 5.41) is 10.9. The molecule has 1 aromatic heterocycles. The van der Waals surface area contributed by atoms with Crippen molar-refractivity contribution in [1.82, 2.24) is 4.98 Å². The molecule has 21 heavy (non-hydrogen) atoms. The second-order valence-corrected chi connectivity index (χ2v) is 11.3. The summed E-state index contributed by atoms with van der Waals surface area (Å²) in [7, 11) is -0.440. The highest BCUT2D eigenvalue weighted by Gasteiger charge is 2.39. The maximum Gasteiger partial charge on any atom is 0.272 e. The van der Waals surface area contributed by atoms with Gasteiger partial charge in [-0.1, -0.05) is 20.8 Å². The highest BCUT2D eigenvalue weighted by atomic mass is 28.4. The van der Waals surface area contributed by atoms with Gasteiger partial charge in [0.25, 0.3) is 5.69 Å². The second-order valence-electron chi connectivity index (χ2n) is 6.52. The number of pyridine rings is 1. The van der Waals surface area contributed by atoms with E-state index in [9.17, 15) is 10.1 Å². The van der Waals surface area contributed by atoms with Gasteiger partial charge < -0.3 is 9.16 Å². The van der Waals surface area contributed by atoms with E-state index < -0.39 is 19.3 Å². The smallest absolute Gasteiger partial charge is 0.272 e. The molecular weight excluding hydrogens is 288 g/mol. The molecule has 1 rings (SSSR count). The zero-order valence-electron chi connectivity index (χ0n) is 13.5. The number of methoxy groups -OCH3 is 1. The number of hydrogen-bond acceptors (Lipinski definition) is 5. The second kappa shape index (κ2) is 6.63. The highest BCUT2D eigenvalue weighted by molar-refractivity contribution is 6.74. The summed E-state index contributed by atoms with van der Waals surface area (Å²) in [4.78, 5) is 14.7. The van der Waals surface area contributed by atoms with Crippen LogP contribution in [0.1, 0.15) is 32.6 Å². The number of ether oxygens (including phenoxy) is 1. The minimum atomic E-state index is -2.02. The number of rotatable bonds is 6. The molecule has 0 N–H and O–H groups in total. The fraction of sp³-hybridized carbons (Fsp3) is 0.643. The van der Waals surface area contributed by atoms with Gasteiger partial charge in [0.1, 0.15) is 6.10 Å². The zero-order valence-corrected chi connectivity index (χ0v) is 14.5. The van der Waals surface area contributed by atoms with Gasteiger partial charge in [-0.2, -0.15) is 0 Å². The van der Waals surface area contributed by atoms with E-state index in [4.69, 9.17) is 9.16 Å². The molecule has 0 fully saturated rings. The van der Waals surface area contributed by atoms with E-state index in [-0.39, 0.29) is 10.7 Å². The van der Waals surface area contributed by atoms with Gasteiger partial charge in [-0.3, -0.25) is 15.1 Å². The molecule has 6 nitrogen and oxygen atoms in total. The largest absolute Gasteiger partial charge is 0.406 e. The molecule has 0 aliphatic heterocycles. The summed E-state index contributed by atoms with van der Waals surface area (Å²) < 4.78 is 11.5. The van der Waals surface area contributed by atoms with Crippen LogP contribution in [0.4, 0.5) is 5.69 Å². The molecular formula is C14H24N2O4Si. The summed E-state index contributed by atoms with van der Waals surface area (Å²) in [6, 6.07) is 2.83. The van der Waals surface area contributed by atoms with E-state index in [1.807, 2.05) is 0 Å². The molecule has 1 heterocycles. The lowest BCUT2D eigenvalue weighted by Crippen LogP contribution is -2.42. The van der Waals surface area contributed by atoms with Crippen LogP contribution in [-0.2, 0) is 9.16 Å². The summed E-state index contributed by atoms with van der Waals surface area (Å²) in [5.74, 6) is 0. The van der Waals surface area contributed by atoms with Crippen molar-refractivity contribution < 1.29 is 14.1 Å². The summed E-state index contributed by atoms with van der Waals surface area (Å²) in [5.41, 5.74) is 0.552. The first kappa shape index (κ1) is 17.7. The van der Waals surface area contributed by atoms with E-state index in [2.05, 4.69) is 38.8 Å². The normalized spacial score (nSPS) is 14.0. The molecule has 0 aliphatic carbocycles. The van der Waals surface area contributed by atoms with Gasteiger partial charge in [-0.05, 0) is 18.1 Å². The van der Waals surface area contributed by atoms with Crippen molar-refractivity contribution in [2.45, 2.75) is 45.0 Å². The van der Waals surface area contributed by atoms with Gasteiger partial charge in [0.15, 0.2) is 8.32 Å². The van der Waals surface area contributed by atoms with E-state index in [1.54, 1.807) is 7.11 Å². The lowest BCUT2D eigenvalue weighted by molar-refractivity contribution is -0.385. The van der Waals surface area contributed by atoms with Gasteiger partial charge in [-0.25, -0.2) is 0 Å². The first-order valence-electron chi connectivity index (χ1n) is 6.85. The summed E-state index contributed by atoms with van der Waals surface area (Å²) in [6.45, 7) is 11.0. The van der Waals surface area contributed by atoms with Crippen LogP contribution >= 0.6 is 0 Å². The topological polar surface area (TPSA) is 74.5 Å². The SMILES string of the molecule is COC[C@H](O[Si](C)(C)C(C)(C)C)c1cc([N+](=O)[O-])ccn1. The van der Waals surface area contributed by atoms with E-state index in [1.165, 1.54) is 18.3 Å². The third-order valence-electron chi connectivity index (χ3n) is 3.87.